The highest BCUT2D eigenvalue weighted by molar-refractivity contribution is 7.89. The molecule has 0 spiro atoms. The minimum atomic E-state index is -3.78. The number of hydrogen-bond acceptors (Lipinski definition) is 4. The minimum Gasteiger partial charge on any atom is -0.507 e. The number of aromatic carboxylic acids is 1. The van der Waals surface area contributed by atoms with Gasteiger partial charge in [0.05, 0.1) is 4.90 Å². The van der Waals surface area contributed by atoms with Crippen molar-refractivity contribution in [2.24, 2.45) is 0 Å². The molecule has 0 bridgehead atoms. The molecule has 6 nitrogen and oxygen atoms in total. The van der Waals surface area contributed by atoms with Crippen molar-refractivity contribution in [3.8, 4) is 5.75 Å². The second kappa shape index (κ2) is 6.23. The highest BCUT2D eigenvalue weighted by atomic mass is 32.2. The van der Waals surface area contributed by atoms with Crippen LogP contribution in [0.4, 0.5) is 0 Å². The van der Waals surface area contributed by atoms with Gasteiger partial charge in [-0.2, -0.15) is 4.31 Å². The number of benzene rings is 1. The molecule has 1 aromatic carbocycles. The van der Waals surface area contributed by atoms with E-state index < -0.39 is 27.3 Å². The van der Waals surface area contributed by atoms with Crippen molar-refractivity contribution in [2.75, 3.05) is 6.54 Å². The van der Waals surface area contributed by atoms with Gasteiger partial charge in [-0.25, -0.2) is 13.2 Å². The maximum absolute atomic E-state index is 12.5. The fraction of sp³-hybridized carbons (Fsp3) is 0.462. The average Bonchev–Trinajstić information content (AvgIpc) is 2.38. The first-order valence-electron chi connectivity index (χ1n) is 6.33. The van der Waals surface area contributed by atoms with Gasteiger partial charge < -0.3 is 10.2 Å². The first-order chi connectivity index (χ1) is 9.25. The molecular formula is C13H19NO5S. The quantitative estimate of drug-likeness (QED) is 0.836. The molecule has 0 heterocycles. The van der Waals surface area contributed by atoms with Gasteiger partial charge in [-0.3, -0.25) is 0 Å². The molecule has 20 heavy (non-hydrogen) atoms. The van der Waals surface area contributed by atoms with Crippen LogP contribution in [0.25, 0.3) is 0 Å². The molecule has 1 unspecified atom stereocenters. The Hall–Kier alpha value is -1.60. The number of carboxylic acids is 1. The Morgan fingerprint density at radius 2 is 1.95 bits per heavy atom. The lowest BCUT2D eigenvalue weighted by atomic mass is 10.2. The Bertz CT molecular complexity index is 597. The fourth-order valence-electron chi connectivity index (χ4n) is 1.90. The molecule has 0 aliphatic rings. The predicted molar refractivity (Wildman–Crippen MR) is 74.4 cm³/mol. The Balaban J connectivity index is 3.35. The number of carbonyl (C=O) groups is 1. The van der Waals surface area contributed by atoms with Crippen molar-refractivity contribution in [2.45, 2.75) is 38.1 Å². The molecule has 0 aromatic heterocycles. The molecule has 1 rings (SSSR count). The van der Waals surface area contributed by atoms with Gasteiger partial charge in [0.15, 0.2) is 0 Å². The van der Waals surface area contributed by atoms with E-state index in [0.29, 0.717) is 13.0 Å². The van der Waals surface area contributed by atoms with E-state index in [9.17, 15) is 18.3 Å². The second-order valence-corrected chi connectivity index (χ2v) is 6.34. The first-order valence-corrected chi connectivity index (χ1v) is 7.77. The highest BCUT2D eigenvalue weighted by Gasteiger charge is 2.28. The van der Waals surface area contributed by atoms with Gasteiger partial charge in [-0.15, -0.1) is 0 Å². The van der Waals surface area contributed by atoms with Gasteiger partial charge in [0.2, 0.25) is 10.0 Å². The van der Waals surface area contributed by atoms with Gasteiger partial charge >= 0.3 is 5.97 Å². The second-order valence-electron chi connectivity index (χ2n) is 4.45. The highest BCUT2D eigenvalue weighted by Crippen LogP contribution is 2.25. The summed E-state index contributed by atoms with van der Waals surface area (Å²) in [5.41, 5.74) is -0.425. The lowest BCUT2D eigenvalue weighted by Crippen LogP contribution is -2.38. The number of nitrogens with zero attached hydrogens (tertiary/aromatic N) is 1. The number of aromatic hydroxyl groups is 1. The van der Waals surface area contributed by atoms with Crippen LogP contribution in [-0.2, 0) is 10.0 Å². The van der Waals surface area contributed by atoms with E-state index in [-0.39, 0.29) is 10.9 Å². The van der Waals surface area contributed by atoms with E-state index in [2.05, 4.69) is 0 Å². The fourth-order valence-corrected chi connectivity index (χ4v) is 3.64. The molecule has 0 aliphatic carbocycles. The Morgan fingerprint density at radius 3 is 2.40 bits per heavy atom. The van der Waals surface area contributed by atoms with E-state index in [1.54, 1.807) is 13.8 Å². The van der Waals surface area contributed by atoms with Gasteiger partial charge in [0.1, 0.15) is 11.3 Å². The molecule has 0 aliphatic heterocycles. The number of carboxylic acid groups (broad SMARTS) is 1. The third kappa shape index (κ3) is 3.10. The zero-order valence-electron chi connectivity index (χ0n) is 11.7. The van der Waals surface area contributed by atoms with Gasteiger partial charge in [-0.05, 0) is 31.5 Å². The maximum atomic E-state index is 12.5. The summed E-state index contributed by atoms with van der Waals surface area (Å²) in [5.74, 6) is -1.82. The van der Waals surface area contributed by atoms with Crippen LogP contribution in [0, 0.1) is 0 Å². The van der Waals surface area contributed by atoms with Crippen molar-refractivity contribution >= 4 is 16.0 Å². The van der Waals surface area contributed by atoms with E-state index in [4.69, 9.17) is 5.11 Å². The molecular weight excluding hydrogens is 282 g/mol. The van der Waals surface area contributed by atoms with Crippen LogP contribution in [0.15, 0.2) is 23.1 Å². The summed E-state index contributed by atoms with van der Waals surface area (Å²) < 4.78 is 26.3. The number of hydrogen-bond donors (Lipinski definition) is 2. The van der Waals surface area contributed by atoms with Crippen LogP contribution < -0.4 is 0 Å². The Labute approximate surface area is 118 Å². The SMILES string of the molecule is CCC(C)N(CC)S(=O)(=O)c1ccc(O)c(C(=O)O)c1. The van der Waals surface area contributed by atoms with Gasteiger partial charge in [0.25, 0.3) is 0 Å². The van der Waals surface area contributed by atoms with E-state index >= 15 is 0 Å². The predicted octanol–water partition coefficient (Wildman–Crippen LogP) is 1.90. The minimum absolute atomic E-state index is 0.130. The molecule has 1 atom stereocenters. The van der Waals surface area contributed by atoms with Crippen molar-refractivity contribution < 1.29 is 23.4 Å². The molecule has 0 radical (unpaired) electrons. The van der Waals surface area contributed by atoms with E-state index in [1.807, 2.05) is 6.92 Å². The molecule has 0 fully saturated rings. The number of phenols is 1. The standard InChI is InChI=1S/C13H19NO5S/c1-4-9(3)14(5-2)20(18,19)10-6-7-12(15)11(8-10)13(16)17/h6-9,15H,4-5H2,1-3H3,(H,16,17). The smallest absolute Gasteiger partial charge is 0.339 e. The van der Waals surface area contributed by atoms with Crippen LogP contribution >= 0.6 is 0 Å². The third-order valence-electron chi connectivity index (χ3n) is 3.20. The lowest BCUT2D eigenvalue weighted by molar-refractivity contribution is 0.0693. The van der Waals surface area contributed by atoms with Crippen LogP contribution in [-0.4, -0.2) is 41.5 Å². The summed E-state index contributed by atoms with van der Waals surface area (Å²) in [6.45, 7) is 5.69. The summed E-state index contributed by atoms with van der Waals surface area (Å²) in [6.07, 6.45) is 0.650. The summed E-state index contributed by atoms with van der Waals surface area (Å²) in [4.78, 5) is 10.8. The van der Waals surface area contributed by atoms with Gasteiger partial charge in [0, 0.05) is 12.6 Å². The maximum Gasteiger partial charge on any atom is 0.339 e. The molecule has 1 aromatic rings. The molecule has 0 saturated carbocycles. The molecule has 0 saturated heterocycles. The van der Waals surface area contributed by atoms with Gasteiger partial charge in [-0.1, -0.05) is 13.8 Å². The summed E-state index contributed by atoms with van der Waals surface area (Å²) in [5, 5.41) is 18.4. The molecule has 2 N–H and O–H groups in total. The van der Waals surface area contributed by atoms with Crippen molar-refractivity contribution in [1.82, 2.24) is 4.31 Å². The molecule has 7 heteroatoms. The zero-order chi connectivity index (χ0) is 15.5. The Morgan fingerprint density at radius 1 is 1.35 bits per heavy atom. The van der Waals surface area contributed by atoms with Crippen LogP contribution in [0.3, 0.4) is 0 Å². The zero-order valence-corrected chi connectivity index (χ0v) is 12.5. The van der Waals surface area contributed by atoms with Crippen LogP contribution in [0.5, 0.6) is 5.75 Å². The summed E-state index contributed by atoms with van der Waals surface area (Å²) in [6, 6.07) is 3.09. The number of rotatable bonds is 6. The molecule has 112 valence electrons. The third-order valence-corrected chi connectivity index (χ3v) is 5.28. The topological polar surface area (TPSA) is 94.9 Å². The van der Waals surface area contributed by atoms with E-state index in [1.165, 1.54) is 10.4 Å². The monoisotopic (exact) mass is 301 g/mol. The van der Waals surface area contributed by atoms with Crippen molar-refractivity contribution in [3.63, 3.8) is 0 Å². The average molecular weight is 301 g/mol. The summed E-state index contributed by atoms with van der Waals surface area (Å²) >= 11 is 0. The van der Waals surface area contributed by atoms with Crippen molar-refractivity contribution in [3.05, 3.63) is 23.8 Å². The first kappa shape index (κ1) is 16.5. The normalized spacial score (nSPS) is 13.4. The van der Waals surface area contributed by atoms with Crippen molar-refractivity contribution in [1.29, 1.82) is 0 Å². The number of sulfonamides is 1. The largest absolute Gasteiger partial charge is 0.507 e. The van der Waals surface area contributed by atoms with Crippen LogP contribution in [0.2, 0.25) is 0 Å². The lowest BCUT2D eigenvalue weighted by Gasteiger charge is -2.26. The summed E-state index contributed by atoms with van der Waals surface area (Å²) in [7, 11) is -3.78. The van der Waals surface area contributed by atoms with E-state index in [0.717, 1.165) is 12.1 Å². The van der Waals surface area contributed by atoms with Crippen LogP contribution in [0.1, 0.15) is 37.6 Å². The Kier molecular flexibility index (Phi) is 5.13. The molecule has 0 amide bonds.